The molecule has 0 aliphatic rings. The molecule has 0 fully saturated rings. The lowest BCUT2D eigenvalue weighted by Gasteiger charge is -2.07. The molecule has 0 aliphatic heterocycles. The Kier molecular flexibility index (Phi) is 5.25. The predicted molar refractivity (Wildman–Crippen MR) is 104 cm³/mol. The van der Waals surface area contributed by atoms with Gasteiger partial charge in [-0.25, -0.2) is 4.39 Å². The van der Waals surface area contributed by atoms with Crippen molar-refractivity contribution in [3.8, 4) is 11.5 Å². The zero-order valence-corrected chi connectivity index (χ0v) is 15.6. The van der Waals surface area contributed by atoms with Gasteiger partial charge in [0.15, 0.2) is 0 Å². The lowest BCUT2D eigenvalue weighted by Crippen LogP contribution is -2.42. The van der Waals surface area contributed by atoms with Gasteiger partial charge in [-0.2, -0.15) is 0 Å². The number of halogens is 1. The molecule has 0 unspecified atom stereocenters. The summed E-state index contributed by atoms with van der Waals surface area (Å²) in [5, 5.41) is 9.09. The molecular formula is C19H14FN5O3S. The number of aromatic amines is 1. The number of amides is 2. The summed E-state index contributed by atoms with van der Waals surface area (Å²) in [4.78, 5) is 26.9. The first-order valence-electron chi connectivity index (χ1n) is 8.48. The highest BCUT2D eigenvalue weighted by Crippen LogP contribution is 2.29. The van der Waals surface area contributed by atoms with Crippen LogP contribution >= 0.6 is 11.8 Å². The molecule has 2 aromatic heterocycles. The van der Waals surface area contributed by atoms with E-state index >= 15 is 0 Å². The van der Waals surface area contributed by atoms with E-state index in [2.05, 4.69) is 26.0 Å². The average molecular weight is 411 g/mol. The summed E-state index contributed by atoms with van der Waals surface area (Å²) >= 11 is 1.01. The summed E-state index contributed by atoms with van der Waals surface area (Å²) in [5.41, 5.74) is 5.92. The smallest absolute Gasteiger partial charge is 0.277 e. The van der Waals surface area contributed by atoms with Crippen molar-refractivity contribution in [2.45, 2.75) is 5.22 Å². The summed E-state index contributed by atoms with van der Waals surface area (Å²) in [6, 6.07) is 13.2. The number of carbonyl (C=O) groups excluding carboxylic acids is 2. The summed E-state index contributed by atoms with van der Waals surface area (Å²) < 4.78 is 19.1. The number of aromatic nitrogens is 3. The van der Waals surface area contributed by atoms with Crippen LogP contribution < -0.4 is 10.9 Å². The minimum atomic E-state index is -0.749. The molecule has 3 N–H and O–H groups in total. The SMILES string of the molecule is O=C(CSc1nnc(-c2c[nH]c3ccccc23)o1)NNC(=O)c1ccccc1F. The van der Waals surface area contributed by atoms with Crippen LogP contribution in [0.15, 0.2) is 64.4 Å². The van der Waals surface area contributed by atoms with Crippen LogP contribution in [0.1, 0.15) is 10.4 Å². The summed E-state index contributed by atoms with van der Waals surface area (Å²) in [5.74, 6) is -1.68. The van der Waals surface area contributed by atoms with Crippen LogP contribution in [0, 0.1) is 5.82 Å². The van der Waals surface area contributed by atoms with Crippen molar-refractivity contribution in [1.29, 1.82) is 0 Å². The maximum atomic E-state index is 13.5. The van der Waals surface area contributed by atoms with Gasteiger partial charge in [-0.05, 0) is 18.2 Å². The van der Waals surface area contributed by atoms with Crippen LogP contribution in [0.2, 0.25) is 0 Å². The van der Waals surface area contributed by atoms with Crippen LogP contribution in [0.3, 0.4) is 0 Å². The fourth-order valence-electron chi connectivity index (χ4n) is 2.63. The molecule has 29 heavy (non-hydrogen) atoms. The Bertz CT molecular complexity index is 1190. The van der Waals surface area contributed by atoms with Crippen LogP contribution in [0.5, 0.6) is 0 Å². The predicted octanol–water partition coefficient (Wildman–Crippen LogP) is 2.91. The Labute approximate surface area is 167 Å². The van der Waals surface area contributed by atoms with Gasteiger partial charge in [-0.15, -0.1) is 10.2 Å². The molecule has 0 saturated carbocycles. The first kappa shape index (κ1) is 18.7. The molecule has 0 bridgehead atoms. The maximum Gasteiger partial charge on any atom is 0.277 e. The van der Waals surface area contributed by atoms with E-state index in [1.165, 1.54) is 18.2 Å². The molecule has 8 nitrogen and oxygen atoms in total. The van der Waals surface area contributed by atoms with Gasteiger partial charge in [0.25, 0.3) is 17.0 Å². The number of fused-ring (bicyclic) bond motifs is 1. The van der Waals surface area contributed by atoms with Gasteiger partial charge in [0.1, 0.15) is 5.82 Å². The van der Waals surface area contributed by atoms with E-state index < -0.39 is 17.6 Å². The second-order valence-electron chi connectivity index (χ2n) is 5.89. The normalized spacial score (nSPS) is 10.8. The van der Waals surface area contributed by atoms with Crippen molar-refractivity contribution >= 4 is 34.5 Å². The number of hydrazine groups is 1. The third-order valence-electron chi connectivity index (χ3n) is 3.99. The minimum absolute atomic E-state index is 0.0763. The second-order valence-corrected chi connectivity index (χ2v) is 6.82. The monoisotopic (exact) mass is 411 g/mol. The average Bonchev–Trinajstić information content (AvgIpc) is 3.37. The van der Waals surface area contributed by atoms with Gasteiger partial charge in [-0.3, -0.25) is 20.4 Å². The number of thioether (sulfide) groups is 1. The van der Waals surface area contributed by atoms with Crippen molar-refractivity contribution in [1.82, 2.24) is 26.0 Å². The first-order valence-corrected chi connectivity index (χ1v) is 9.47. The molecule has 2 heterocycles. The fraction of sp³-hybridized carbons (Fsp3) is 0.0526. The molecule has 2 amide bonds. The Morgan fingerprint density at radius 2 is 1.86 bits per heavy atom. The number of benzene rings is 2. The van der Waals surface area contributed by atoms with E-state index in [1.807, 2.05) is 24.3 Å². The highest BCUT2D eigenvalue weighted by Gasteiger charge is 2.15. The number of nitrogens with one attached hydrogen (secondary N) is 3. The third-order valence-corrected chi connectivity index (χ3v) is 4.81. The van der Waals surface area contributed by atoms with E-state index in [1.54, 1.807) is 6.20 Å². The van der Waals surface area contributed by atoms with Crippen LogP contribution in [0.4, 0.5) is 4.39 Å². The molecule has 0 aliphatic carbocycles. The highest BCUT2D eigenvalue weighted by molar-refractivity contribution is 7.99. The zero-order chi connectivity index (χ0) is 20.2. The molecule has 0 atom stereocenters. The molecule has 146 valence electrons. The molecule has 0 radical (unpaired) electrons. The van der Waals surface area contributed by atoms with Gasteiger partial charge in [0, 0.05) is 17.1 Å². The molecular weight excluding hydrogens is 397 g/mol. The van der Waals surface area contributed by atoms with Crippen LogP contribution in [-0.4, -0.2) is 32.7 Å². The van der Waals surface area contributed by atoms with E-state index in [0.29, 0.717) is 5.89 Å². The number of hydrogen-bond donors (Lipinski definition) is 3. The molecule has 4 aromatic rings. The quantitative estimate of drug-likeness (QED) is 0.344. The number of rotatable bonds is 5. The summed E-state index contributed by atoms with van der Waals surface area (Å²) in [6.45, 7) is 0. The van der Waals surface area contributed by atoms with Gasteiger partial charge in [0.05, 0.1) is 16.9 Å². The number of carbonyl (C=O) groups is 2. The molecule has 0 spiro atoms. The van der Waals surface area contributed by atoms with E-state index in [0.717, 1.165) is 34.3 Å². The van der Waals surface area contributed by atoms with E-state index in [9.17, 15) is 14.0 Å². The largest absolute Gasteiger partial charge is 0.411 e. The molecule has 10 heteroatoms. The standard InChI is InChI=1S/C19H14FN5O3S/c20-14-7-3-1-6-12(14)17(27)23-22-16(26)10-29-19-25-24-18(28-19)13-9-21-15-8-4-2-5-11(13)15/h1-9,21H,10H2,(H,22,26)(H,23,27). The minimum Gasteiger partial charge on any atom is -0.411 e. The fourth-order valence-corrected chi connectivity index (χ4v) is 3.19. The Morgan fingerprint density at radius 3 is 2.72 bits per heavy atom. The summed E-state index contributed by atoms with van der Waals surface area (Å²) in [7, 11) is 0. The van der Waals surface area contributed by atoms with Gasteiger partial charge < -0.3 is 9.40 Å². The van der Waals surface area contributed by atoms with Crippen molar-refractivity contribution in [2.24, 2.45) is 0 Å². The zero-order valence-electron chi connectivity index (χ0n) is 14.8. The topological polar surface area (TPSA) is 113 Å². The Balaban J connectivity index is 1.32. The number of para-hydroxylation sites is 1. The van der Waals surface area contributed by atoms with E-state index in [4.69, 9.17) is 4.42 Å². The third kappa shape index (κ3) is 4.11. The van der Waals surface area contributed by atoms with Crippen molar-refractivity contribution in [3.63, 3.8) is 0 Å². The van der Waals surface area contributed by atoms with Crippen LogP contribution in [0.25, 0.3) is 22.4 Å². The number of nitrogens with zero attached hydrogens (tertiary/aromatic N) is 2. The van der Waals surface area contributed by atoms with Crippen molar-refractivity contribution in [3.05, 3.63) is 66.1 Å². The maximum absolute atomic E-state index is 13.5. The van der Waals surface area contributed by atoms with E-state index in [-0.39, 0.29) is 16.5 Å². The molecule has 0 saturated heterocycles. The van der Waals surface area contributed by atoms with Crippen molar-refractivity contribution < 1.29 is 18.4 Å². The Morgan fingerprint density at radius 1 is 1.07 bits per heavy atom. The molecule has 4 rings (SSSR count). The van der Waals surface area contributed by atoms with Crippen LogP contribution in [-0.2, 0) is 4.79 Å². The lowest BCUT2D eigenvalue weighted by molar-refractivity contribution is -0.119. The Hall–Kier alpha value is -3.66. The number of hydrogen-bond acceptors (Lipinski definition) is 6. The number of H-pyrrole nitrogens is 1. The van der Waals surface area contributed by atoms with Gasteiger partial charge in [-0.1, -0.05) is 42.1 Å². The molecule has 2 aromatic carbocycles. The highest BCUT2D eigenvalue weighted by atomic mass is 32.2. The van der Waals surface area contributed by atoms with Gasteiger partial charge >= 0.3 is 0 Å². The van der Waals surface area contributed by atoms with Gasteiger partial charge in [0.2, 0.25) is 5.91 Å². The summed E-state index contributed by atoms with van der Waals surface area (Å²) in [6.07, 6.45) is 1.78. The van der Waals surface area contributed by atoms with Crippen molar-refractivity contribution in [2.75, 3.05) is 5.75 Å². The lowest BCUT2D eigenvalue weighted by atomic mass is 10.2. The first-order chi connectivity index (χ1) is 14.1. The second kappa shape index (κ2) is 8.15.